The molecule has 0 heterocycles. The van der Waals surface area contributed by atoms with E-state index in [-0.39, 0.29) is 0 Å². The zero-order valence-corrected chi connectivity index (χ0v) is 17.1. The molecule has 0 bridgehead atoms. The highest BCUT2D eigenvalue weighted by atomic mass is 16.5. The predicted molar refractivity (Wildman–Crippen MR) is 111 cm³/mol. The van der Waals surface area contributed by atoms with Gasteiger partial charge in [-0.1, -0.05) is 6.07 Å². The first-order chi connectivity index (χ1) is 13.2. The van der Waals surface area contributed by atoms with Crippen LogP contribution in [0, 0.1) is 5.41 Å². The lowest BCUT2D eigenvalue weighted by Crippen LogP contribution is -2.31. The quantitative estimate of drug-likeness (QED) is 0.312. The maximum atomic E-state index is 5.78. The van der Waals surface area contributed by atoms with E-state index in [4.69, 9.17) is 19.2 Å². The molecule has 0 spiro atoms. The minimum absolute atomic E-state index is 0.337. The predicted octanol–water partition coefficient (Wildman–Crippen LogP) is 3.69. The second kappa shape index (κ2) is 11.8. The van der Waals surface area contributed by atoms with Crippen LogP contribution in [0.5, 0.6) is 5.75 Å². The largest absolute Gasteiger partial charge is 0.493 e. The van der Waals surface area contributed by atoms with E-state index >= 15 is 0 Å². The van der Waals surface area contributed by atoms with Gasteiger partial charge in [0.25, 0.3) is 0 Å². The number of rotatable bonds is 13. The van der Waals surface area contributed by atoms with Crippen LogP contribution in [0.2, 0.25) is 0 Å². The molecule has 1 fully saturated rings. The Balaban J connectivity index is 1.89. The Kier molecular flexibility index (Phi) is 9.42. The number of hydrogen-bond donors (Lipinski definition) is 2. The summed E-state index contributed by atoms with van der Waals surface area (Å²) in [7, 11) is 1.70. The van der Waals surface area contributed by atoms with Gasteiger partial charge in [-0.05, 0) is 50.7 Å². The second-order valence-electron chi connectivity index (χ2n) is 6.99. The van der Waals surface area contributed by atoms with Gasteiger partial charge in [0.2, 0.25) is 0 Å². The Labute approximate surface area is 163 Å². The fourth-order valence-corrected chi connectivity index (χ4v) is 2.84. The van der Waals surface area contributed by atoms with Crippen molar-refractivity contribution < 1.29 is 14.2 Å². The molecule has 1 aliphatic rings. The Morgan fingerprint density at radius 1 is 1.19 bits per heavy atom. The second-order valence-corrected chi connectivity index (χ2v) is 6.99. The molecule has 1 aliphatic carbocycles. The maximum Gasteiger partial charge on any atom is 0.195 e. The molecule has 0 unspecified atom stereocenters. The van der Waals surface area contributed by atoms with Gasteiger partial charge in [-0.2, -0.15) is 0 Å². The first-order valence-electron chi connectivity index (χ1n) is 10.1. The number of hydrogen-bond acceptors (Lipinski definition) is 4. The summed E-state index contributed by atoms with van der Waals surface area (Å²) in [4.78, 5) is 4.82. The van der Waals surface area contributed by atoms with Crippen LogP contribution in [0.1, 0.15) is 39.5 Å². The number of benzene rings is 1. The number of methoxy groups -OCH3 is 1. The minimum atomic E-state index is 0.337. The van der Waals surface area contributed by atoms with Crippen molar-refractivity contribution in [2.24, 2.45) is 10.4 Å². The van der Waals surface area contributed by atoms with Crippen LogP contribution in [0.3, 0.4) is 0 Å². The zero-order valence-electron chi connectivity index (χ0n) is 17.1. The van der Waals surface area contributed by atoms with Gasteiger partial charge in [0, 0.05) is 58.2 Å². The van der Waals surface area contributed by atoms with E-state index in [0.717, 1.165) is 56.5 Å². The average Bonchev–Trinajstić information content (AvgIpc) is 3.44. The monoisotopic (exact) mass is 377 g/mol. The average molecular weight is 378 g/mol. The first kappa shape index (κ1) is 21.5. The van der Waals surface area contributed by atoms with Gasteiger partial charge in [0.15, 0.2) is 5.96 Å². The Morgan fingerprint density at radius 2 is 2.04 bits per heavy atom. The van der Waals surface area contributed by atoms with Gasteiger partial charge in [-0.15, -0.1) is 0 Å². The molecular weight excluding hydrogens is 342 g/mol. The summed E-state index contributed by atoms with van der Waals surface area (Å²) >= 11 is 0. The third-order valence-electron chi connectivity index (χ3n) is 4.71. The highest BCUT2D eigenvalue weighted by molar-refractivity contribution is 5.93. The van der Waals surface area contributed by atoms with Crippen LogP contribution in [0.25, 0.3) is 0 Å². The summed E-state index contributed by atoms with van der Waals surface area (Å²) in [6.45, 7) is 8.75. The van der Waals surface area contributed by atoms with Crippen molar-refractivity contribution in [1.82, 2.24) is 5.32 Å². The molecule has 6 nitrogen and oxygen atoms in total. The topological polar surface area (TPSA) is 64.1 Å². The van der Waals surface area contributed by atoms with E-state index in [1.54, 1.807) is 7.11 Å². The Morgan fingerprint density at radius 3 is 2.74 bits per heavy atom. The molecule has 0 saturated heterocycles. The van der Waals surface area contributed by atoms with E-state index in [2.05, 4.69) is 17.6 Å². The maximum absolute atomic E-state index is 5.78. The van der Waals surface area contributed by atoms with Crippen LogP contribution in [-0.2, 0) is 9.47 Å². The van der Waals surface area contributed by atoms with Gasteiger partial charge in [-0.25, -0.2) is 0 Å². The molecule has 0 atom stereocenters. The van der Waals surface area contributed by atoms with Crippen molar-refractivity contribution in [1.29, 1.82) is 0 Å². The molecule has 27 heavy (non-hydrogen) atoms. The van der Waals surface area contributed by atoms with Crippen LogP contribution >= 0.6 is 0 Å². The summed E-state index contributed by atoms with van der Waals surface area (Å²) < 4.78 is 16.3. The van der Waals surface area contributed by atoms with E-state index in [1.165, 1.54) is 12.8 Å². The van der Waals surface area contributed by atoms with Crippen molar-refractivity contribution in [2.45, 2.75) is 39.5 Å². The highest BCUT2D eigenvalue weighted by Crippen LogP contribution is 2.49. The third-order valence-corrected chi connectivity index (χ3v) is 4.71. The molecule has 0 radical (unpaired) electrons. The molecule has 0 aromatic heterocycles. The fourth-order valence-electron chi connectivity index (χ4n) is 2.84. The van der Waals surface area contributed by atoms with Gasteiger partial charge < -0.3 is 24.8 Å². The number of anilines is 1. The van der Waals surface area contributed by atoms with Crippen LogP contribution in [-0.4, -0.2) is 52.6 Å². The van der Waals surface area contributed by atoms with Crippen LogP contribution in [0.4, 0.5) is 5.69 Å². The van der Waals surface area contributed by atoms with Gasteiger partial charge in [0.05, 0.1) is 6.61 Å². The van der Waals surface area contributed by atoms with Gasteiger partial charge in [-0.3, -0.25) is 4.99 Å². The number of nitrogens with zero attached hydrogens (tertiary/aromatic N) is 1. The summed E-state index contributed by atoms with van der Waals surface area (Å²) in [5, 5.41) is 6.72. The van der Waals surface area contributed by atoms with Gasteiger partial charge in [0.1, 0.15) is 5.75 Å². The minimum Gasteiger partial charge on any atom is -0.493 e. The molecule has 1 saturated carbocycles. The molecule has 2 N–H and O–H groups in total. The van der Waals surface area contributed by atoms with Crippen molar-refractivity contribution in [2.75, 3.05) is 51.9 Å². The number of aliphatic imine (C=N–C) groups is 1. The zero-order chi connectivity index (χ0) is 19.4. The lowest BCUT2D eigenvalue weighted by atomic mass is 10.0. The molecular formula is C21H35N3O3. The third kappa shape index (κ3) is 8.18. The van der Waals surface area contributed by atoms with E-state index in [9.17, 15) is 0 Å². The molecule has 1 aromatic carbocycles. The molecule has 0 amide bonds. The molecule has 2 rings (SSSR count). The number of ether oxygens (including phenoxy) is 3. The van der Waals surface area contributed by atoms with Crippen LogP contribution in [0.15, 0.2) is 29.3 Å². The van der Waals surface area contributed by atoms with Crippen LogP contribution < -0.4 is 15.4 Å². The summed E-state index contributed by atoms with van der Waals surface area (Å²) in [6, 6.07) is 7.98. The number of nitrogens with one attached hydrogen (secondary N) is 2. The first-order valence-corrected chi connectivity index (χ1v) is 10.1. The van der Waals surface area contributed by atoms with Crippen molar-refractivity contribution in [3.05, 3.63) is 24.3 Å². The van der Waals surface area contributed by atoms with E-state index in [1.807, 2.05) is 31.2 Å². The standard InChI is InChI=1S/C21H35N3O3/c1-4-22-20(23-17-21(10-11-21)12-15-26-5-2)24-18-8-6-9-19(16-18)27-14-7-13-25-3/h6,8-9,16H,4-5,7,10-15,17H2,1-3H3,(H2,22,23,24). The highest BCUT2D eigenvalue weighted by Gasteiger charge is 2.41. The summed E-state index contributed by atoms with van der Waals surface area (Å²) in [5.41, 5.74) is 1.31. The molecule has 152 valence electrons. The van der Waals surface area contributed by atoms with Crippen molar-refractivity contribution >= 4 is 11.6 Å². The lowest BCUT2D eigenvalue weighted by molar-refractivity contribution is 0.129. The SMILES string of the molecule is CCNC(=NCC1(CCOCC)CC1)Nc1cccc(OCCCOC)c1. The Bertz CT molecular complexity index is 574. The van der Waals surface area contributed by atoms with E-state index < -0.39 is 0 Å². The normalized spacial score (nSPS) is 15.4. The summed E-state index contributed by atoms with van der Waals surface area (Å²) in [5.74, 6) is 1.67. The molecule has 6 heteroatoms. The Hall–Kier alpha value is -1.79. The van der Waals surface area contributed by atoms with Crippen molar-refractivity contribution in [3.63, 3.8) is 0 Å². The lowest BCUT2D eigenvalue weighted by Gasteiger charge is -2.16. The van der Waals surface area contributed by atoms with Crippen molar-refractivity contribution in [3.8, 4) is 5.75 Å². The van der Waals surface area contributed by atoms with Gasteiger partial charge >= 0.3 is 0 Å². The number of guanidine groups is 1. The summed E-state index contributed by atoms with van der Waals surface area (Å²) in [6.07, 6.45) is 4.46. The fraction of sp³-hybridized carbons (Fsp3) is 0.667. The smallest absolute Gasteiger partial charge is 0.195 e. The van der Waals surface area contributed by atoms with E-state index in [0.29, 0.717) is 18.6 Å². The molecule has 0 aliphatic heterocycles. The molecule has 1 aromatic rings.